The Morgan fingerprint density at radius 1 is 1.35 bits per heavy atom. The molecule has 0 aliphatic carbocycles. The first-order valence-electron chi connectivity index (χ1n) is 6.67. The molecule has 1 aliphatic heterocycles. The zero-order chi connectivity index (χ0) is 14.4. The second-order valence-electron chi connectivity index (χ2n) is 4.64. The van der Waals surface area contributed by atoms with Gasteiger partial charge in [0.15, 0.2) is 0 Å². The molecule has 6 heteroatoms. The Labute approximate surface area is 117 Å². The number of benzene rings is 1. The number of hydrogen-bond donors (Lipinski definition) is 2. The number of ether oxygens (including phenoxy) is 1. The molecule has 1 aliphatic rings. The van der Waals surface area contributed by atoms with Crippen molar-refractivity contribution in [2.75, 3.05) is 13.2 Å². The molecule has 1 aromatic rings. The molecular weight excluding hydrogens is 258 g/mol. The number of nitrogens with two attached hydrogens (primary N) is 1. The first kappa shape index (κ1) is 14.3. The molecule has 6 nitrogen and oxygen atoms in total. The molecule has 0 saturated carbocycles. The zero-order valence-corrected chi connectivity index (χ0v) is 11.2. The number of nitrogens with one attached hydrogen (secondary N) is 1. The minimum Gasteiger partial charge on any atom is -0.445 e. The van der Waals surface area contributed by atoms with Gasteiger partial charge in [0.1, 0.15) is 12.6 Å². The van der Waals surface area contributed by atoms with Gasteiger partial charge in [-0.2, -0.15) is 0 Å². The Kier molecular flexibility index (Phi) is 4.95. The Morgan fingerprint density at radius 2 is 2.10 bits per heavy atom. The third kappa shape index (κ3) is 3.48. The van der Waals surface area contributed by atoms with Gasteiger partial charge in [0.05, 0.1) is 6.67 Å². The molecule has 0 bridgehead atoms. The van der Waals surface area contributed by atoms with Crippen molar-refractivity contribution in [3.05, 3.63) is 35.9 Å². The van der Waals surface area contributed by atoms with Crippen LogP contribution in [0.3, 0.4) is 0 Å². The minimum atomic E-state index is -0.471. The quantitative estimate of drug-likeness (QED) is 0.798. The summed E-state index contributed by atoms with van der Waals surface area (Å²) in [4.78, 5) is 25.3. The predicted octanol–water partition coefficient (Wildman–Crippen LogP) is 0.820. The molecule has 0 unspecified atom stereocenters. The summed E-state index contributed by atoms with van der Waals surface area (Å²) >= 11 is 0. The van der Waals surface area contributed by atoms with Gasteiger partial charge in [-0.3, -0.25) is 9.69 Å². The first-order chi connectivity index (χ1) is 9.72. The van der Waals surface area contributed by atoms with Gasteiger partial charge in [-0.25, -0.2) is 4.79 Å². The van der Waals surface area contributed by atoms with E-state index < -0.39 is 12.1 Å². The monoisotopic (exact) mass is 277 g/mol. The van der Waals surface area contributed by atoms with Crippen molar-refractivity contribution in [2.24, 2.45) is 5.73 Å². The van der Waals surface area contributed by atoms with E-state index in [0.29, 0.717) is 13.0 Å². The molecule has 1 saturated heterocycles. The lowest BCUT2D eigenvalue weighted by molar-refractivity contribution is -0.125. The first-order valence-corrected chi connectivity index (χ1v) is 6.67. The molecular formula is C14H19N3O3. The summed E-state index contributed by atoms with van der Waals surface area (Å²) in [5, 5.41) is 2.54. The minimum absolute atomic E-state index is 0.0717. The van der Waals surface area contributed by atoms with Crippen LogP contribution in [-0.2, 0) is 16.1 Å². The lowest BCUT2D eigenvalue weighted by Crippen LogP contribution is -2.47. The van der Waals surface area contributed by atoms with E-state index in [1.54, 1.807) is 0 Å². The maximum absolute atomic E-state index is 12.0. The van der Waals surface area contributed by atoms with Gasteiger partial charge in [-0.1, -0.05) is 30.3 Å². The lowest BCUT2D eigenvalue weighted by Gasteiger charge is -2.23. The number of likely N-dealkylation sites (tertiary alicyclic amines) is 1. The highest BCUT2D eigenvalue weighted by atomic mass is 16.6. The molecule has 108 valence electrons. The SMILES string of the molecule is NCNC(=O)[C@@H]1CCCN1C(=O)OCc1ccccc1. The van der Waals surface area contributed by atoms with Crippen molar-refractivity contribution >= 4 is 12.0 Å². The summed E-state index contributed by atoms with van der Waals surface area (Å²) in [6, 6.07) is 8.97. The van der Waals surface area contributed by atoms with Crippen molar-refractivity contribution in [3.63, 3.8) is 0 Å². The van der Waals surface area contributed by atoms with Gasteiger partial charge in [0, 0.05) is 6.54 Å². The third-order valence-corrected chi connectivity index (χ3v) is 3.27. The van der Waals surface area contributed by atoms with Crippen LogP contribution in [0.1, 0.15) is 18.4 Å². The van der Waals surface area contributed by atoms with Crippen molar-refractivity contribution in [1.29, 1.82) is 0 Å². The maximum atomic E-state index is 12.0. The van der Waals surface area contributed by atoms with Crippen molar-refractivity contribution in [3.8, 4) is 0 Å². The molecule has 1 heterocycles. The highest BCUT2D eigenvalue weighted by Gasteiger charge is 2.34. The van der Waals surface area contributed by atoms with Crippen LogP contribution in [0.15, 0.2) is 30.3 Å². The summed E-state index contributed by atoms with van der Waals surface area (Å²) < 4.78 is 5.25. The fraction of sp³-hybridized carbons (Fsp3) is 0.429. The normalized spacial score (nSPS) is 17.9. The van der Waals surface area contributed by atoms with Gasteiger partial charge >= 0.3 is 6.09 Å². The molecule has 3 N–H and O–H groups in total. The molecule has 20 heavy (non-hydrogen) atoms. The third-order valence-electron chi connectivity index (χ3n) is 3.27. The van der Waals surface area contributed by atoms with Crippen molar-refractivity contribution in [1.82, 2.24) is 10.2 Å². The molecule has 1 fully saturated rings. The molecule has 0 radical (unpaired) electrons. The van der Waals surface area contributed by atoms with E-state index in [1.165, 1.54) is 4.90 Å². The van der Waals surface area contributed by atoms with Crippen LogP contribution in [-0.4, -0.2) is 36.2 Å². The molecule has 2 rings (SSSR count). The highest BCUT2D eigenvalue weighted by Crippen LogP contribution is 2.18. The van der Waals surface area contributed by atoms with Crippen LogP contribution in [0, 0.1) is 0 Å². The fourth-order valence-corrected chi connectivity index (χ4v) is 2.28. The number of nitrogens with zero attached hydrogens (tertiary/aromatic N) is 1. The zero-order valence-electron chi connectivity index (χ0n) is 11.2. The molecule has 0 spiro atoms. The Morgan fingerprint density at radius 3 is 2.80 bits per heavy atom. The van der Waals surface area contributed by atoms with Gasteiger partial charge in [-0.05, 0) is 18.4 Å². The van der Waals surface area contributed by atoms with E-state index >= 15 is 0 Å². The van der Waals surface area contributed by atoms with Crippen molar-refractivity contribution in [2.45, 2.75) is 25.5 Å². The van der Waals surface area contributed by atoms with Gasteiger partial charge in [-0.15, -0.1) is 0 Å². The number of rotatable bonds is 4. The van der Waals surface area contributed by atoms with E-state index in [9.17, 15) is 9.59 Å². The smallest absolute Gasteiger partial charge is 0.410 e. The molecule has 1 aromatic carbocycles. The second kappa shape index (κ2) is 6.91. The van der Waals surface area contributed by atoms with Crippen LogP contribution in [0.4, 0.5) is 4.79 Å². The van der Waals surface area contributed by atoms with Gasteiger partial charge in [0.2, 0.25) is 5.91 Å². The van der Waals surface area contributed by atoms with E-state index in [2.05, 4.69) is 5.32 Å². The lowest BCUT2D eigenvalue weighted by atomic mass is 10.2. The fourth-order valence-electron chi connectivity index (χ4n) is 2.28. The number of amides is 2. The van der Waals surface area contributed by atoms with E-state index in [0.717, 1.165) is 12.0 Å². The van der Waals surface area contributed by atoms with Crippen LogP contribution < -0.4 is 11.1 Å². The second-order valence-corrected chi connectivity index (χ2v) is 4.64. The number of carbonyl (C=O) groups excluding carboxylic acids is 2. The van der Waals surface area contributed by atoms with Crippen LogP contribution in [0.25, 0.3) is 0 Å². The summed E-state index contributed by atoms with van der Waals surface area (Å²) in [6.07, 6.45) is 0.985. The molecule has 0 aromatic heterocycles. The van der Waals surface area contributed by atoms with Crippen LogP contribution in [0.5, 0.6) is 0 Å². The van der Waals surface area contributed by atoms with E-state index in [4.69, 9.17) is 10.5 Å². The predicted molar refractivity (Wildman–Crippen MR) is 73.6 cm³/mol. The molecule has 1 atom stereocenters. The summed E-state index contributed by atoms with van der Waals surface area (Å²) in [6.45, 7) is 0.819. The Hall–Kier alpha value is -2.08. The summed E-state index contributed by atoms with van der Waals surface area (Å²) in [5.74, 6) is -0.221. The summed E-state index contributed by atoms with van der Waals surface area (Å²) in [7, 11) is 0. The number of carbonyl (C=O) groups is 2. The Balaban J connectivity index is 1.89. The Bertz CT molecular complexity index is 464. The summed E-state index contributed by atoms with van der Waals surface area (Å²) in [5.41, 5.74) is 6.21. The van der Waals surface area contributed by atoms with Gasteiger partial charge < -0.3 is 15.8 Å². The van der Waals surface area contributed by atoms with E-state index in [1.807, 2.05) is 30.3 Å². The van der Waals surface area contributed by atoms with Crippen molar-refractivity contribution < 1.29 is 14.3 Å². The average Bonchev–Trinajstić information content (AvgIpc) is 2.96. The average molecular weight is 277 g/mol. The maximum Gasteiger partial charge on any atom is 0.410 e. The standard InChI is InChI=1S/C14H19N3O3/c15-10-16-13(18)12-7-4-8-17(12)14(19)20-9-11-5-2-1-3-6-11/h1-3,5-6,12H,4,7-10,15H2,(H,16,18)/t12-/m0/s1. The van der Waals surface area contributed by atoms with Crippen LogP contribution in [0.2, 0.25) is 0 Å². The molecule has 2 amide bonds. The van der Waals surface area contributed by atoms with E-state index in [-0.39, 0.29) is 19.2 Å². The topological polar surface area (TPSA) is 84.7 Å². The highest BCUT2D eigenvalue weighted by molar-refractivity contribution is 5.86. The van der Waals surface area contributed by atoms with Gasteiger partial charge in [0.25, 0.3) is 0 Å². The number of hydrogen-bond acceptors (Lipinski definition) is 4. The van der Waals surface area contributed by atoms with Crippen LogP contribution >= 0.6 is 0 Å². The largest absolute Gasteiger partial charge is 0.445 e.